The Balaban J connectivity index is 2.37. The first kappa shape index (κ1) is 20.2. The lowest BCUT2D eigenvalue weighted by molar-refractivity contribution is -0.149. The number of hydrogen-bond donors (Lipinski definition) is 4. The van der Waals surface area contributed by atoms with Gasteiger partial charge in [0.2, 0.25) is 5.76 Å². The van der Waals surface area contributed by atoms with Gasteiger partial charge in [-0.15, -0.1) is 0 Å². The van der Waals surface area contributed by atoms with Gasteiger partial charge in [-0.2, -0.15) is 0 Å². The Labute approximate surface area is 151 Å². The highest BCUT2D eigenvalue weighted by Crippen LogP contribution is 2.31. The molecule has 26 heavy (non-hydrogen) atoms. The molecular weight excluding hydrogens is 344 g/mol. The minimum Gasteiger partial charge on any atom is -0.481 e. The van der Waals surface area contributed by atoms with Gasteiger partial charge in [0.05, 0.1) is 12.2 Å². The summed E-state index contributed by atoms with van der Waals surface area (Å²) in [4.78, 5) is 12.1. The molecule has 1 aromatic carbocycles. The van der Waals surface area contributed by atoms with Crippen LogP contribution in [0.3, 0.4) is 0 Å². The van der Waals surface area contributed by atoms with Gasteiger partial charge in [-0.25, -0.2) is 4.79 Å². The fraction of sp³-hybridized carbons (Fsp3) is 0.500. The molecule has 0 unspecified atom stereocenters. The standard InChI is InChI=1S/C18H24O8/c1-18(2,23)10-24-16-15(14(12(21)9-20)26-17(16)22)25-13-6-4-3-5-11(13)7-8-19/h3-6,12,14,19-21,23H,7-10H2,1-2H3/t12-,14+/m0/s1. The lowest BCUT2D eigenvalue weighted by atomic mass is 10.1. The lowest BCUT2D eigenvalue weighted by Crippen LogP contribution is -2.33. The topological polar surface area (TPSA) is 126 Å². The van der Waals surface area contributed by atoms with Crippen LogP contribution in [0.2, 0.25) is 0 Å². The normalized spacial score (nSPS) is 18.7. The Morgan fingerprint density at radius 3 is 2.58 bits per heavy atom. The van der Waals surface area contributed by atoms with Gasteiger partial charge in [-0.3, -0.25) is 0 Å². The van der Waals surface area contributed by atoms with Crippen LogP contribution < -0.4 is 4.74 Å². The summed E-state index contributed by atoms with van der Waals surface area (Å²) in [5.74, 6) is -0.870. The molecule has 0 fully saturated rings. The second kappa shape index (κ2) is 8.50. The molecule has 0 amide bonds. The van der Waals surface area contributed by atoms with E-state index in [1.807, 2.05) is 0 Å². The summed E-state index contributed by atoms with van der Waals surface area (Å²) >= 11 is 0. The predicted octanol–water partition coefficient (Wildman–Crippen LogP) is -0.122. The van der Waals surface area contributed by atoms with Gasteiger partial charge >= 0.3 is 5.97 Å². The number of para-hydroxylation sites is 1. The Bertz CT molecular complexity index is 661. The van der Waals surface area contributed by atoms with Crippen LogP contribution in [0.15, 0.2) is 35.8 Å². The molecule has 0 saturated carbocycles. The van der Waals surface area contributed by atoms with Gasteiger partial charge < -0.3 is 34.6 Å². The zero-order valence-corrected chi connectivity index (χ0v) is 14.7. The number of hydrogen-bond acceptors (Lipinski definition) is 8. The zero-order chi connectivity index (χ0) is 19.3. The second-order valence-corrected chi connectivity index (χ2v) is 6.55. The Kier molecular flexibility index (Phi) is 6.60. The van der Waals surface area contributed by atoms with Crippen molar-refractivity contribution in [2.24, 2.45) is 0 Å². The molecule has 0 aromatic heterocycles. The molecule has 0 radical (unpaired) electrons. The van der Waals surface area contributed by atoms with E-state index >= 15 is 0 Å². The smallest absolute Gasteiger partial charge is 0.378 e. The van der Waals surface area contributed by atoms with Crippen molar-refractivity contribution >= 4 is 5.97 Å². The van der Waals surface area contributed by atoms with Crippen LogP contribution in [0.25, 0.3) is 0 Å². The molecule has 144 valence electrons. The van der Waals surface area contributed by atoms with Crippen LogP contribution in [0.4, 0.5) is 0 Å². The number of carbonyl (C=O) groups is 1. The maximum atomic E-state index is 12.1. The van der Waals surface area contributed by atoms with E-state index < -0.39 is 30.4 Å². The Morgan fingerprint density at radius 1 is 1.27 bits per heavy atom. The fourth-order valence-electron chi connectivity index (χ4n) is 2.33. The Morgan fingerprint density at radius 2 is 1.96 bits per heavy atom. The highest BCUT2D eigenvalue weighted by Gasteiger charge is 2.43. The van der Waals surface area contributed by atoms with E-state index in [4.69, 9.17) is 14.2 Å². The van der Waals surface area contributed by atoms with Gasteiger partial charge in [0.15, 0.2) is 11.9 Å². The van der Waals surface area contributed by atoms with Crippen LogP contribution in [-0.2, 0) is 20.7 Å². The average molecular weight is 368 g/mol. The van der Waals surface area contributed by atoms with Crippen molar-refractivity contribution < 1.29 is 39.4 Å². The van der Waals surface area contributed by atoms with Gasteiger partial charge in [0.25, 0.3) is 0 Å². The molecule has 2 rings (SSSR count). The summed E-state index contributed by atoms with van der Waals surface area (Å²) in [5, 5.41) is 38.2. The zero-order valence-electron chi connectivity index (χ0n) is 14.7. The van der Waals surface area contributed by atoms with E-state index in [0.717, 1.165) is 0 Å². The van der Waals surface area contributed by atoms with Crippen molar-refractivity contribution in [1.82, 2.24) is 0 Å². The van der Waals surface area contributed by atoms with Gasteiger partial charge in [0, 0.05) is 6.61 Å². The molecule has 0 aliphatic carbocycles. The van der Waals surface area contributed by atoms with E-state index in [2.05, 4.69) is 0 Å². The number of aliphatic hydroxyl groups excluding tert-OH is 3. The minimum atomic E-state index is -1.40. The third-order valence-electron chi connectivity index (χ3n) is 3.58. The molecule has 8 nitrogen and oxygen atoms in total. The van der Waals surface area contributed by atoms with E-state index in [0.29, 0.717) is 17.7 Å². The van der Waals surface area contributed by atoms with E-state index in [1.165, 1.54) is 13.8 Å². The summed E-state index contributed by atoms with van der Waals surface area (Å²) in [5.41, 5.74) is -0.526. The Hall–Kier alpha value is -2.13. The number of benzene rings is 1. The summed E-state index contributed by atoms with van der Waals surface area (Å²) in [6.45, 7) is 2.06. The van der Waals surface area contributed by atoms with Crippen molar-refractivity contribution in [2.75, 3.05) is 19.8 Å². The first-order valence-electron chi connectivity index (χ1n) is 8.22. The van der Waals surface area contributed by atoms with Gasteiger partial charge in [0.1, 0.15) is 18.5 Å². The predicted molar refractivity (Wildman–Crippen MR) is 90.1 cm³/mol. The van der Waals surface area contributed by atoms with Crippen molar-refractivity contribution in [1.29, 1.82) is 0 Å². The third kappa shape index (κ3) is 4.95. The van der Waals surface area contributed by atoms with Crippen LogP contribution in [0.1, 0.15) is 19.4 Å². The van der Waals surface area contributed by atoms with E-state index in [-0.39, 0.29) is 24.7 Å². The molecule has 1 aliphatic rings. The van der Waals surface area contributed by atoms with E-state index in [9.17, 15) is 25.2 Å². The molecular formula is C18H24O8. The van der Waals surface area contributed by atoms with Crippen LogP contribution in [-0.4, -0.2) is 64.0 Å². The first-order valence-corrected chi connectivity index (χ1v) is 8.22. The van der Waals surface area contributed by atoms with Gasteiger partial charge in [-0.05, 0) is 31.9 Å². The quantitative estimate of drug-likeness (QED) is 0.445. The monoisotopic (exact) mass is 368 g/mol. The molecule has 2 atom stereocenters. The van der Waals surface area contributed by atoms with Crippen LogP contribution >= 0.6 is 0 Å². The molecule has 1 heterocycles. The number of rotatable bonds is 9. The first-order chi connectivity index (χ1) is 12.3. The SMILES string of the molecule is CC(C)(O)COC1=C(Oc2ccccc2CCO)[C@@H]([C@@H](O)CO)OC1=O. The number of carbonyl (C=O) groups excluding carboxylic acids is 1. The molecule has 1 aliphatic heterocycles. The maximum Gasteiger partial charge on any atom is 0.378 e. The number of aliphatic hydroxyl groups is 4. The summed E-state index contributed by atoms with van der Waals surface area (Å²) in [6, 6.07) is 6.87. The van der Waals surface area contributed by atoms with Crippen molar-refractivity contribution in [3.63, 3.8) is 0 Å². The maximum absolute atomic E-state index is 12.1. The lowest BCUT2D eigenvalue weighted by Gasteiger charge is -2.20. The van der Waals surface area contributed by atoms with Crippen molar-refractivity contribution in [3.8, 4) is 5.75 Å². The van der Waals surface area contributed by atoms with Crippen LogP contribution in [0, 0.1) is 0 Å². The molecule has 1 aromatic rings. The summed E-state index contributed by atoms with van der Waals surface area (Å²) in [7, 11) is 0. The average Bonchev–Trinajstić information content (AvgIpc) is 2.89. The molecule has 0 bridgehead atoms. The third-order valence-corrected chi connectivity index (χ3v) is 3.58. The second-order valence-electron chi connectivity index (χ2n) is 6.55. The number of cyclic esters (lactones) is 1. The number of esters is 1. The number of ether oxygens (including phenoxy) is 3. The highest BCUT2D eigenvalue weighted by atomic mass is 16.6. The minimum absolute atomic E-state index is 0.0915. The summed E-state index contributed by atoms with van der Waals surface area (Å²) < 4.78 is 16.2. The largest absolute Gasteiger partial charge is 0.481 e. The van der Waals surface area contributed by atoms with Gasteiger partial charge in [-0.1, -0.05) is 18.2 Å². The molecule has 0 spiro atoms. The molecule has 0 saturated heterocycles. The molecule has 8 heteroatoms. The summed E-state index contributed by atoms with van der Waals surface area (Å²) in [6.07, 6.45) is -2.32. The highest BCUT2D eigenvalue weighted by molar-refractivity contribution is 5.90. The van der Waals surface area contributed by atoms with Crippen molar-refractivity contribution in [2.45, 2.75) is 38.1 Å². The van der Waals surface area contributed by atoms with E-state index in [1.54, 1.807) is 24.3 Å². The van der Waals surface area contributed by atoms with Crippen LogP contribution in [0.5, 0.6) is 5.75 Å². The molecule has 4 N–H and O–H groups in total. The van der Waals surface area contributed by atoms with Crippen molar-refractivity contribution in [3.05, 3.63) is 41.3 Å². The fourth-order valence-corrected chi connectivity index (χ4v) is 2.33.